The van der Waals surface area contributed by atoms with Crippen LogP contribution in [0.15, 0.2) is 12.7 Å². The van der Waals surface area contributed by atoms with Crippen LogP contribution < -0.4 is 5.32 Å². The molecule has 0 rings (SSSR count). The van der Waals surface area contributed by atoms with Crippen LogP contribution in [-0.2, 0) is 4.79 Å². The lowest BCUT2D eigenvalue weighted by Crippen LogP contribution is -2.42. The van der Waals surface area contributed by atoms with Crippen molar-refractivity contribution in [2.45, 2.75) is 70.9 Å². The Balaban J connectivity index is 3.28. The Hall–Kier alpha value is -0.830. The number of carbonyl (C=O) groups excluding carboxylic acids is 1. The molecule has 0 spiro atoms. The molecule has 3 nitrogen and oxygen atoms in total. The highest BCUT2D eigenvalue weighted by Crippen LogP contribution is 2.09. The van der Waals surface area contributed by atoms with Crippen molar-refractivity contribution in [2.24, 2.45) is 0 Å². The van der Waals surface area contributed by atoms with Gasteiger partial charge in [-0.1, -0.05) is 31.8 Å². The molecule has 0 unspecified atom stereocenters. The highest BCUT2D eigenvalue weighted by molar-refractivity contribution is 5.76. The lowest BCUT2D eigenvalue weighted by atomic mass is 10.1. The molecule has 0 aromatic carbocycles. The van der Waals surface area contributed by atoms with E-state index in [1.807, 2.05) is 6.08 Å². The van der Waals surface area contributed by atoms with E-state index >= 15 is 0 Å². The van der Waals surface area contributed by atoms with Gasteiger partial charge in [-0.05, 0) is 33.1 Å². The fraction of sp³-hybridized carbons (Fsp3) is 0.786. The summed E-state index contributed by atoms with van der Waals surface area (Å²) >= 11 is 0. The van der Waals surface area contributed by atoms with Crippen LogP contribution in [0.1, 0.15) is 65.2 Å². The normalized spacial score (nSPS) is 11.2. The first-order chi connectivity index (χ1) is 7.95. The van der Waals surface area contributed by atoms with Gasteiger partial charge in [-0.3, -0.25) is 4.79 Å². The standard InChI is InChI=1S/C14H27NO2/c1-4-5-6-7-8-9-10-11-12-13(16)15-14(2,3)17/h4,17H,1,5-12H2,2-3H3,(H,15,16). The number of amides is 1. The lowest BCUT2D eigenvalue weighted by molar-refractivity contribution is -0.127. The summed E-state index contributed by atoms with van der Waals surface area (Å²) in [7, 11) is 0. The molecule has 0 saturated carbocycles. The van der Waals surface area contributed by atoms with E-state index in [0.717, 1.165) is 19.3 Å². The van der Waals surface area contributed by atoms with Crippen LogP contribution in [0.5, 0.6) is 0 Å². The monoisotopic (exact) mass is 241 g/mol. The third-order valence-electron chi connectivity index (χ3n) is 2.51. The number of aliphatic hydroxyl groups is 1. The molecule has 0 aliphatic carbocycles. The molecule has 0 heterocycles. The van der Waals surface area contributed by atoms with E-state index in [1.165, 1.54) is 25.7 Å². The Kier molecular flexibility index (Phi) is 8.78. The van der Waals surface area contributed by atoms with Gasteiger partial charge in [0.05, 0.1) is 0 Å². The number of hydrogen-bond donors (Lipinski definition) is 2. The molecule has 0 aromatic rings. The second-order valence-corrected chi connectivity index (χ2v) is 5.06. The Morgan fingerprint density at radius 3 is 2.24 bits per heavy atom. The van der Waals surface area contributed by atoms with E-state index in [-0.39, 0.29) is 5.91 Å². The molecule has 0 bridgehead atoms. The SMILES string of the molecule is C=CCCCCCCCCC(=O)NC(C)(C)O. The van der Waals surface area contributed by atoms with Gasteiger partial charge < -0.3 is 10.4 Å². The van der Waals surface area contributed by atoms with Gasteiger partial charge in [-0.25, -0.2) is 0 Å². The van der Waals surface area contributed by atoms with E-state index < -0.39 is 5.72 Å². The maximum Gasteiger partial charge on any atom is 0.222 e. The largest absolute Gasteiger partial charge is 0.372 e. The van der Waals surface area contributed by atoms with Gasteiger partial charge in [-0.15, -0.1) is 6.58 Å². The first-order valence-corrected chi connectivity index (χ1v) is 6.60. The molecule has 0 fully saturated rings. The van der Waals surface area contributed by atoms with Crippen LogP contribution >= 0.6 is 0 Å². The van der Waals surface area contributed by atoms with Crippen molar-refractivity contribution in [3.05, 3.63) is 12.7 Å². The van der Waals surface area contributed by atoms with E-state index in [2.05, 4.69) is 11.9 Å². The summed E-state index contributed by atoms with van der Waals surface area (Å²) in [5.74, 6) is -0.0656. The number of nitrogens with one attached hydrogen (secondary N) is 1. The molecule has 3 heteroatoms. The van der Waals surface area contributed by atoms with Crippen molar-refractivity contribution < 1.29 is 9.90 Å². The van der Waals surface area contributed by atoms with Crippen LogP contribution in [-0.4, -0.2) is 16.7 Å². The fourth-order valence-electron chi connectivity index (χ4n) is 1.69. The van der Waals surface area contributed by atoms with Crippen LogP contribution in [0, 0.1) is 0 Å². The summed E-state index contributed by atoms with van der Waals surface area (Å²) < 4.78 is 0. The van der Waals surface area contributed by atoms with Crippen molar-refractivity contribution in [2.75, 3.05) is 0 Å². The van der Waals surface area contributed by atoms with Crippen LogP contribution in [0.25, 0.3) is 0 Å². The minimum Gasteiger partial charge on any atom is -0.372 e. The number of unbranched alkanes of at least 4 members (excludes halogenated alkanes) is 6. The zero-order chi connectivity index (χ0) is 13.1. The lowest BCUT2D eigenvalue weighted by Gasteiger charge is -2.18. The third-order valence-corrected chi connectivity index (χ3v) is 2.51. The van der Waals surface area contributed by atoms with Crippen LogP contribution in [0.4, 0.5) is 0 Å². The summed E-state index contributed by atoms with van der Waals surface area (Å²) in [4.78, 5) is 11.4. The summed E-state index contributed by atoms with van der Waals surface area (Å²) in [6, 6.07) is 0. The number of hydrogen-bond acceptors (Lipinski definition) is 2. The Morgan fingerprint density at radius 2 is 1.71 bits per heavy atom. The molecule has 0 aromatic heterocycles. The van der Waals surface area contributed by atoms with Crippen molar-refractivity contribution in [1.82, 2.24) is 5.32 Å². The predicted octanol–water partition coefficient (Wildman–Crippen LogP) is 3.14. The highest BCUT2D eigenvalue weighted by Gasteiger charge is 2.14. The molecular weight excluding hydrogens is 214 g/mol. The Morgan fingerprint density at radius 1 is 1.18 bits per heavy atom. The van der Waals surface area contributed by atoms with E-state index in [9.17, 15) is 9.90 Å². The molecule has 2 N–H and O–H groups in total. The second kappa shape index (κ2) is 9.23. The zero-order valence-corrected chi connectivity index (χ0v) is 11.3. The number of carbonyl (C=O) groups is 1. The molecule has 0 aliphatic rings. The fourth-order valence-corrected chi connectivity index (χ4v) is 1.69. The minimum atomic E-state index is -1.10. The van der Waals surface area contributed by atoms with E-state index in [1.54, 1.807) is 13.8 Å². The minimum absolute atomic E-state index is 0.0656. The number of rotatable bonds is 10. The molecule has 0 aliphatic heterocycles. The highest BCUT2D eigenvalue weighted by atomic mass is 16.3. The van der Waals surface area contributed by atoms with Crippen LogP contribution in [0.2, 0.25) is 0 Å². The first kappa shape index (κ1) is 16.2. The summed E-state index contributed by atoms with van der Waals surface area (Å²) in [6.07, 6.45) is 10.5. The van der Waals surface area contributed by atoms with Gasteiger partial charge in [0.2, 0.25) is 5.91 Å². The summed E-state index contributed by atoms with van der Waals surface area (Å²) in [6.45, 7) is 6.84. The molecule has 0 atom stereocenters. The number of allylic oxidation sites excluding steroid dienone is 1. The van der Waals surface area contributed by atoms with Crippen LogP contribution in [0.3, 0.4) is 0 Å². The van der Waals surface area contributed by atoms with Gasteiger partial charge in [0, 0.05) is 6.42 Å². The van der Waals surface area contributed by atoms with Gasteiger partial charge in [0.1, 0.15) is 5.72 Å². The molecular formula is C14H27NO2. The maximum atomic E-state index is 11.4. The first-order valence-electron chi connectivity index (χ1n) is 6.60. The van der Waals surface area contributed by atoms with E-state index in [0.29, 0.717) is 6.42 Å². The van der Waals surface area contributed by atoms with Crippen molar-refractivity contribution in [3.63, 3.8) is 0 Å². The van der Waals surface area contributed by atoms with Gasteiger partial charge in [0.15, 0.2) is 0 Å². The Bertz CT molecular complexity index is 219. The topological polar surface area (TPSA) is 49.3 Å². The average molecular weight is 241 g/mol. The maximum absolute atomic E-state index is 11.4. The van der Waals surface area contributed by atoms with Crippen molar-refractivity contribution >= 4 is 5.91 Å². The molecule has 1 amide bonds. The van der Waals surface area contributed by atoms with Gasteiger partial charge in [0.25, 0.3) is 0 Å². The van der Waals surface area contributed by atoms with Crippen molar-refractivity contribution in [3.8, 4) is 0 Å². The molecule has 100 valence electrons. The zero-order valence-electron chi connectivity index (χ0n) is 11.3. The van der Waals surface area contributed by atoms with Crippen molar-refractivity contribution in [1.29, 1.82) is 0 Å². The van der Waals surface area contributed by atoms with Gasteiger partial charge >= 0.3 is 0 Å². The molecule has 0 radical (unpaired) electrons. The molecule has 17 heavy (non-hydrogen) atoms. The summed E-state index contributed by atoms with van der Waals surface area (Å²) in [5, 5.41) is 11.9. The quantitative estimate of drug-likeness (QED) is 0.351. The summed E-state index contributed by atoms with van der Waals surface area (Å²) in [5.41, 5.74) is -1.10. The van der Waals surface area contributed by atoms with E-state index in [4.69, 9.17) is 0 Å². The second-order valence-electron chi connectivity index (χ2n) is 5.06. The average Bonchev–Trinajstić information content (AvgIpc) is 2.19. The van der Waals surface area contributed by atoms with Gasteiger partial charge in [-0.2, -0.15) is 0 Å². The molecule has 0 saturated heterocycles. The predicted molar refractivity (Wildman–Crippen MR) is 71.6 cm³/mol. The Labute approximate surface area is 105 Å². The third kappa shape index (κ3) is 13.1. The smallest absolute Gasteiger partial charge is 0.222 e.